The van der Waals surface area contributed by atoms with Gasteiger partial charge in [0.2, 0.25) is 0 Å². The Kier molecular flexibility index (Phi) is 6.03. The van der Waals surface area contributed by atoms with E-state index in [9.17, 15) is 9.59 Å². The molecule has 1 saturated carbocycles. The van der Waals surface area contributed by atoms with E-state index in [4.69, 9.17) is 9.47 Å². The second-order valence-corrected chi connectivity index (χ2v) is 7.49. The molecule has 0 N–H and O–H groups in total. The zero-order valence-corrected chi connectivity index (χ0v) is 15.1. The maximum Gasteiger partial charge on any atom is 0.338 e. The SMILES string of the molecule is CC(C)OC(=O)c1cccc(CC(C)(C)OC(=O)C2CCCC2)c1. The summed E-state index contributed by atoms with van der Waals surface area (Å²) in [4.78, 5) is 24.3. The average molecular weight is 332 g/mol. The van der Waals surface area contributed by atoms with Crippen molar-refractivity contribution in [3.05, 3.63) is 35.4 Å². The Labute approximate surface area is 144 Å². The van der Waals surface area contributed by atoms with Gasteiger partial charge in [-0.1, -0.05) is 25.0 Å². The molecule has 1 fully saturated rings. The van der Waals surface area contributed by atoms with Gasteiger partial charge in [0.25, 0.3) is 0 Å². The molecule has 24 heavy (non-hydrogen) atoms. The third-order valence-electron chi connectivity index (χ3n) is 4.20. The lowest BCUT2D eigenvalue weighted by Gasteiger charge is -2.27. The van der Waals surface area contributed by atoms with Gasteiger partial charge >= 0.3 is 11.9 Å². The molecule has 0 radical (unpaired) electrons. The lowest BCUT2D eigenvalue weighted by molar-refractivity contribution is -0.161. The van der Waals surface area contributed by atoms with Crippen LogP contribution in [0.3, 0.4) is 0 Å². The summed E-state index contributed by atoms with van der Waals surface area (Å²) in [6.07, 6.45) is 4.51. The number of carbonyl (C=O) groups is 2. The zero-order valence-electron chi connectivity index (χ0n) is 15.1. The van der Waals surface area contributed by atoms with Gasteiger partial charge in [-0.3, -0.25) is 4.79 Å². The molecular formula is C20H28O4. The number of ether oxygens (including phenoxy) is 2. The Morgan fingerprint density at radius 3 is 2.50 bits per heavy atom. The summed E-state index contributed by atoms with van der Waals surface area (Å²) < 4.78 is 11.0. The first-order valence-electron chi connectivity index (χ1n) is 8.79. The molecule has 0 aliphatic heterocycles. The fraction of sp³-hybridized carbons (Fsp3) is 0.600. The minimum atomic E-state index is -0.597. The minimum Gasteiger partial charge on any atom is -0.459 e. The summed E-state index contributed by atoms with van der Waals surface area (Å²) in [5.41, 5.74) is 0.886. The summed E-state index contributed by atoms with van der Waals surface area (Å²) in [7, 11) is 0. The van der Waals surface area contributed by atoms with Crippen LogP contribution in [0.5, 0.6) is 0 Å². The fourth-order valence-corrected chi connectivity index (χ4v) is 3.14. The van der Waals surface area contributed by atoms with E-state index < -0.39 is 5.60 Å². The Bertz CT molecular complexity index is 583. The van der Waals surface area contributed by atoms with Crippen molar-refractivity contribution in [1.82, 2.24) is 0 Å². The van der Waals surface area contributed by atoms with Crippen molar-refractivity contribution < 1.29 is 19.1 Å². The maximum atomic E-state index is 12.3. The van der Waals surface area contributed by atoms with Gasteiger partial charge in [0.15, 0.2) is 0 Å². The summed E-state index contributed by atoms with van der Waals surface area (Å²) in [5, 5.41) is 0. The smallest absolute Gasteiger partial charge is 0.338 e. The van der Waals surface area contributed by atoms with Gasteiger partial charge in [-0.15, -0.1) is 0 Å². The van der Waals surface area contributed by atoms with Crippen molar-refractivity contribution in [2.45, 2.75) is 71.5 Å². The Morgan fingerprint density at radius 1 is 1.21 bits per heavy atom. The highest BCUT2D eigenvalue weighted by molar-refractivity contribution is 5.89. The largest absolute Gasteiger partial charge is 0.459 e. The van der Waals surface area contributed by atoms with Crippen LogP contribution in [-0.2, 0) is 20.7 Å². The average Bonchev–Trinajstić information content (AvgIpc) is 3.00. The van der Waals surface area contributed by atoms with Crippen LogP contribution in [0, 0.1) is 5.92 Å². The lowest BCUT2D eigenvalue weighted by atomic mass is 9.96. The minimum absolute atomic E-state index is 0.0524. The predicted octanol–water partition coefficient (Wildman–Crippen LogP) is 4.31. The molecule has 0 saturated heterocycles. The second-order valence-electron chi connectivity index (χ2n) is 7.49. The van der Waals surface area contributed by atoms with Crippen molar-refractivity contribution >= 4 is 11.9 Å². The molecule has 1 aliphatic carbocycles. The zero-order chi connectivity index (χ0) is 17.7. The summed E-state index contributed by atoms with van der Waals surface area (Å²) in [6, 6.07) is 7.33. The van der Waals surface area contributed by atoms with E-state index >= 15 is 0 Å². The Hall–Kier alpha value is -1.84. The van der Waals surface area contributed by atoms with Gasteiger partial charge in [-0.25, -0.2) is 4.79 Å². The van der Waals surface area contributed by atoms with Crippen LogP contribution in [0.4, 0.5) is 0 Å². The first kappa shape index (κ1) is 18.5. The molecule has 2 rings (SSSR count). The molecule has 0 atom stereocenters. The van der Waals surface area contributed by atoms with Gasteiger partial charge in [0, 0.05) is 6.42 Å². The van der Waals surface area contributed by atoms with E-state index in [2.05, 4.69) is 0 Å². The highest BCUT2D eigenvalue weighted by Crippen LogP contribution is 2.28. The lowest BCUT2D eigenvalue weighted by Crippen LogP contribution is -2.33. The van der Waals surface area contributed by atoms with Gasteiger partial charge in [0.1, 0.15) is 5.60 Å². The van der Waals surface area contributed by atoms with Crippen LogP contribution in [-0.4, -0.2) is 23.6 Å². The fourth-order valence-electron chi connectivity index (χ4n) is 3.14. The van der Waals surface area contributed by atoms with Crippen LogP contribution in [0.2, 0.25) is 0 Å². The van der Waals surface area contributed by atoms with E-state index in [-0.39, 0.29) is 24.0 Å². The molecule has 0 bridgehead atoms. The number of hydrogen-bond acceptors (Lipinski definition) is 4. The number of carbonyl (C=O) groups excluding carboxylic acids is 2. The van der Waals surface area contributed by atoms with Crippen LogP contribution in [0.15, 0.2) is 24.3 Å². The van der Waals surface area contributed by atoms with Gasteiger partial charge in [0.05, 0.1) is 17.6 Å². The molecule has 1 aromatic carbocycles. The van der Waals surface area contributed by atoms with Crippen molar-refractivity contribution in [1.29, 1.82) is 0 Å². The highest BCUT2D eigenvalue weighted by atomic mass is 16.6. The molecule has 1 aromatic rings. The topological polar surface area (TPSA) is 52.6 Å². The molecule has 1 aliphatic rings. The molecule has 4 nitrogen and oxygen atoms in total. The summed E-state index contributed by atoms with van der Waals surface area (Å²) in [5.74, 6) is -0.364. The van der Waals surface area contributed by atoms with Crippen LogP contribution in [0.1, 0.15) is 69.3 Å². The third kappa shape index (κ3) is 5.36. The van der Waals surface area contributed by atoms with Gasteiger partial charge < -0.3 is 9.47 Å². The van der Waals surface area contributed by atoms with Crippen LogP contribution < -0.4 is 0 Å². The molecule has 4 heteroatoms. The number of esters is 2. The van der Waals surface area contributed by atoms with Crippen molar-refractivity contribution in [2.24, 2.45) is 5.92 Å². The first-order valence-corrected chi connectivity index (χ1v) is 8.79. The van der Waals surface area contributed by atoms with E-state index in [1.807, 2.05) is 45.9 Å². The molecule has 0 heterocycles. The predicted molar refractivity (Wildman–Crippen MR) is 92.8 cm³/mol. The third-order valence-corrected chi connectivity index (χ3v) is 4.20. The van der Waals surface area contributed by atoms with Gasteiger partial charge in [-0.2, -0.15) is 0 Å². The van der Waals surface area contributed by atoms with Crippen molar-refractivity contribution in [3.63, 3.8) is 0 Å². The second kappa shape index (κ2) is 7.82. The van der Waals surface area contributed by atoms with Gasteiger partial charge in [-0.05, 0) is 58.2 Å². The maximum absolute atomic E-state index is 12.3. The molecule has 0 spiro atoms. The van der Waals surface area contributed by atoms with Crippen molar-refractivity contribution in [2.75, 3.05) is 0 Å². The van der Waals surface area contributed by atoms with Crippen LogP contribution in [0.25, 0.3) is 0 Å². The summed E-state index contributed by atoms with van der Waals surface area (Å²) in [6.45, 7) is 7.48. The quantitative estimate of drug-likeness (QED) is 0.729. The van der Waals surface area contributed by atoms with Crippen LogP contribution >= 0.6 is 0 Å². The molecule has 132 valence electrons. The Morgan fingerprint density at radius 2 is 1.88 bits per heavy atom. The normalized spacial score (nSPS) is 15.5. The molecular weight excluding hydrogens is 304 g/mol. The summed E-state index contributed by atoms with van der Waals surface area (Å²) >= 11 is 0. The monoisotopic (exact) mass is 332 g/mol. The number of benzene rings is 1. The van der Waals surface area contributed by atoms with E-state index in [1.54, 1.807) is 6.07 Å². The Balaban J connectivity index is 2.00. The molecule has 0 aromatic heterocycles. The van der Waals surface area contributed by atoms with E-state index in [0.29, 0.717) is 12.0 Å². The molecule has 0 amide bonds. The van der Waals surface area contributed by atoms with Crippen molar-refractivity contribution in [3.8, 4) is 0 Å². The standard InChI is InChI=1S/C20H28O4/c1-14(2)23-18(21)17-11-7-8-15(12-17)13-20(3,4)24-19(22)16-9-5-6-10-16/h7-8,11-12,14,16H,5-6,9-10,13H2,1-4H3. The number of rotatable bonds is 6. The number of hydrogen-bond donors (Lipinski definition) is 0. The van der Waals surface area contributed by atoms with E-state index in [1.165, 1.54) is 0 Å². The highest BCUT2D eigenvalue weighted by Gasteiger charge is 2.30. The van der Waals surface area contributed by atoms with E-state index in [0.717, 1.165) is 31.2 Å². The first-order chi connectivity index (χ1) is 11.3. The molecule has 0 unspecified atom stereocenters.